The summed E-state index contributed by atoms with van der Waals surface area (Å²) >= 11 is 0. The average Bonchev–Trinajstić information content (AvgIpc) is 2.46. The lowest BCUT2D eigenvalue weighted by molar-refractivity contribution is 0.0690. The second-order valence-corrected chi connectivity index (χ2v) is 4.18. The zero-order valence-electron chi connectivity index (χ0n) is 10.8. The minimum Gasteiger partial charge on any atom is -0.477 e. The molecule has 0 aliphatic heterocycles. The first kappa shape index (κ1) is 13.7. The standard InChI is InChI=1S/C14H13N3O3/c1-9-3-2-5-15-12(9)8-17-13(18)10-4-6-16-11(7-10)14(19)20/h2-7H,8H2,1H3,(H,17,18)(H,19,20). The fraction of sp³-hybridized carbons (Fsp3) is 0.143. The van der Waals surface area contributed by atoms with E-state index in [1.54, 1.807) is 6.20 Å². The van der Waals surface area contributed by atoms with Crippen LogP contribution >= 0.6 is 0 Å². The van der Waals surface area contributed by atoms with Gasteiger partial charge in [0.15, 0.2) is 0 Å². The van der Waals surface area contributed by atoms with Crippen molar-refractivity contribution in [2.75, 3.05) is 0 Å². The predicted molar refractivity (Wildman–Crippen MR) is 71.3 cm³/mol. The molecular weight excluding hydrogens is 258 g/mol. The predicted octanol–water partition coefficient (Wildman–Crippen LogP) is 1.41. The Morgan fingerprint density at radius 2 is 2.05 bits per heavy atom. The highest BCUT2D eigenvalue weighted by Crippen LogP contribution is 2.05. The first-order valence-corrected chi connectivity index (χ1v) is 5.96. The van der Waals surface area contributed by atoms with Crippen molar-refractivity contribution >= 4 is 11.9 Å². The maximum atomic E-state index is 11.9. The van der Waals surface area contributed by atoms with Crippen LogP contribution in [0, 0.1) is 6.92 Å². The monoisotopic (exact) mass is 271 g/mol. The third kappa shape index (κ3) is 3.17. The van der Waals surface area contributed by atoms with E-state index in [0.29, 0.717) is 0 Å². The molecule has 6 nitrogen and oxygen atoms in total. The molecule has 6 heteroatoms. The third-order valence-electron chi connectivity index (χ3n) is 2.78. The quantitative estimate of drug-likeness (QED) is 0.877. The SMILES string of the molecule is Cc1cccnc1CNC(=O)c1ccnc(C(=O)O)c1. The molecule has 0 saturated carbocycles. The second kappa shape index (κ2) is 5.92. The maximum absolute atomic E-state index is 11.9. The number of amides is 1. The van der Waals surface area contributed by atoms with Crippen LogP contribution < -0.4 is 5.32 Å². The van der Waals surface area contributed by atoms with E-state index in [1.165, 1.54) is 18.3 Å². The van der Waals surface area contributed by atoms with Crippen molar-refractivity contribution in [3.63, 3.8) is 0 Å². The number of aryl methyl sites for hydroxylation is 1. The lowest BCUT2D eigenvalue weighted by atomic mass is 10.2. The summed E-state index contributed by atoms with van der Waals surface area (Å²) in [5.74, 6) is -1.53. The summed E-state index contributed by atoms with van der Waals surface area (Å²) in [6.07, 6.45) is 2.95. The number of carboxylic acid groups (broad SMARTS) is 1. The number of aromatic nitrogens is 2. The lowest BCUT2D eigenvalue weighted by Crippen LogP contribution is -2.24. The Labute approximate surface area is 115 Å². The summed E-state index contributed by atoms with van der Waals surface area (Å²) in [7, 11) is 0. The second-order valence-electron chi connectivity index (χ2n) is 4.18. The van der Waals surface area contributed by atoms with E-state index in [-0.39, 0.29) is 23.7 Å². The largest absolute Gasteiger partial charge is 0.477 e. The van der Waals surface area contributed by atoms with Crippen molar-refractivity contribution in [2.45, 2.75) is 13.5 Å². The van der Waals surface area contributed by atoms with Gasteiger partial charge in [0.25, 0.3) is 5.91 Å². The molecule has 0 aromatic carbocycles. The molecular formula is C14H13N3O3. The van der Waals surface area contributed by atoms with Crippen LogP contribution in [0.1, 0.15) is 32.1 Å². The van der Waals surface area contributed by atoms with Crippen molar-refractivity contribution in [3.8, 4) is 0 Å². The highest BCUT2D eigenvalue weighted by Gasteiger charge is 2.11. The minimum absolute atomic E-state index is 0.160. The molecule has 0 spiro atoms. The number of carboxylic acids is 1. The van der Waals surface area contributed by atoms with Gasteiger partial charge in [-0.05, 0) is 30.7 Å². The Balaban J connectivity index is 2.07. The topological polar surface area (TPSA) is 92.2 Å². The fourth-order valence-corrected chi connectivity index (χ4v) is 1.66. The van der Waals surface area contributed by atoms with Crippen molar-refractivity contribution in [1.82, 2.24) is 15.3 Å². The fourth-order valence-electron chi connectivity index (χ4n) is 1.66. The van der Waals surface area contributed by atoms with Crippen molar-refractivity contribution in [3.05, 3.63) is 59.2 Å². The smallest absolute Gasteiger partial charge is 0.354 e. The normalized spacial score (nSPS) is 10.1. The summed E-state index contributed by atoms with van der Waals surface area (Å²) < 4.78 is 0. The Hall–Kier alpha value is -2.76. The molecule has 0 bridgehead atoms. The summed E-state index contributed by atoms with van der Waals surface area (Å²) in [6.45, 7) is 2.19. The molecule has 0 aliphatic rings. The molecule has 2 N–H and O–H groups in total. The van der Waals surface area contributed by atoms with E-state index in [4.69, 9.17) is 5.11 Å². The minimum atomic E-state index is -1.17. The molecule has 0 atom stereocenters. The van der Waals surface area contributed by atoms with Gasteiger partial charge in [0.2, 0.25) is 0 Å². The van der Waals surface area contributed by atoms with E-state index in [0.717, 1.165) is 11.3 Å². The Morgan fingerprint density at radius 3 is 2.75 bits per heavy atom. The number of hydrogen-bond donors (Lipinski definition) is 2. The van der Waals surface area contributed by atoms with E-state index < -0.39 is 5.97 Å². The van der Waals surface area contributed by atoms with Gasteiger partial charge in [0, 0.05) is 18.0 Å². The van der Waals surface area contributed by atoms with Gasteiger partial charge in [-0.1, -0.05) is 6.07 Å². The van der Waals surface area contributed by atoms with Crippen LogP contribution in [0.2, 0.25) is 0 Å². The zero-order chi connectivity index (χ0) is 14.5. The number of nitrogens with one attached hydrogen (secondary N) is 1. The van der Waals surface area contributed by atoms with E-state index in [9.17, 15) is 9.59 Å². The zero-order valence-corrected chi connectivity index (χ0v) is 10.8. The average molecular weight is 271 g/mol. The van der Waals surface area contributed by atoms with Crippen LogP contribution in [0.4, 0.5) is 0 Å². The summed E-state index contributed by atoms with van der Waals surface area (Å²) in [6, 6.07) is 6.43. The molecule has 0 fully saturated rings. The first-order valence-electron chi connectivity index (χ1n) is 5.96. The number of pyridine rings is 2. The van der Waals surface area contributed by atoms with E-state index >= 15 is 0 Å². The van der Waals surface area contributed by atoms with E-state index in [1.807, 2.05) is 19.1 Å². The van der Waals surface area contributed by atoms with Gasteiger partial charge in [-0.25, -0.2) is 9.78 Å². The molecule has 2 aromatic heterocycles. The van der Waals surface area contributed by atoms with Gasteiger partial charge in [-0.3, -0.25) is 9.78 Å². The highest BCUT2D eigenvalue weighted by atomic mass is 16.4. The van der Waals surface area contributed by atoms with Crippen molar-refractivity contribution in [1.29, 1.82) is 0 Å². The number of aromatic carboxylic acids is 1. The number of carbonyl (C=O) groups excluding carboxylic acids is 1. The van der Waals surface area contributed by atoms with Crippen LogP contribution in [0.3, 0.4) is 0 Å². The van der Waals surface area contributed by atoms with Crippen molar-refractivity contribution < 1.29 is 14.7 Å². The maximum Gasteiger partial charge on any atom is 0.354 e. The van der Waals surface area contributed by atoms with Gasteiger partial charge < -0.3 is 10.4 Å². The van der Waals surface area contributed by atoms with Gasteiger partial charge in [-0.15, -0.1) is 0 Å². The molecule has 20 heavy (non-hydrogen) atoms. The molecule has 2 heterocycles. The molecule has 0 saturated heterocycles. The highest BCUT2D eigenvalue weighted by molar-refractivity contribution is 5.96. The number of carbonyl (C=O) groups is 2. The van der Waals surface area contributed by atoms with Crippen LogP contribution in [0.15, 0.2) is 36.7 Å². The lowest BCUT2D eigenvalue weighted by Gasteiger charge is -2.07. The van der Waals surface area contributed by atoms with Gasteiger partial charge in [0.1, 0.15) is 5.69 Å². The summed E-state index contributed by atoms with van der Waals surface area (Å²) in [4.78, 5) is 30.6. The van der Waals surface area contributed by atoms with Crippen molar-refractivity contribution in [2.24, 2.45) is 0 Å². The first-order chi connectivity index (χ1) is 9.58. The molecule has 0 radical (unpaired) electrons. The number of rotatable bonds is 4. The van der Waals surface area contributed by atoms with Crippen LogP contribution in [-0.2, 0) is 6.54 Å². The summed E-state index contributed by atoms with van der Waals surface area (Å²) in [5.41, 5.74) is 1.85. The molecule has 1 amide bonds. The van der Waals surface area contributed by atoms with Gasteiger partial charge >= 0.3 is 5.97 Å². The van der Waals surface area contributed by atoms with Gasteiger partial charge in [-0.2, -0.15) is 0 Å². The van der Waals surface area contributed by atoms with Crippen LogP contribution in [-0.4, -0.2) is 27.0 Å². The Bertz CT molecular complexity index is 656. The molecule has 2 aromatic rings. The summed E-state index contributed by atoms with van der Waals surface area (Å²) in [5, 5.41) is 11.5. The van der Waals surface area contributed by atoms with E-state index in [2.05, 4.69) is 15.3 Å². The van der Waals surface area contributed by atoms with Crippen LogP contribution in [0.25, 0.3) is 0 Å². The molecule has 102 valence electrons. The molecule has 0 unspecified atom stereocenters. The number of nitrogens with zero attached hydrogens (tertiary/aromatic N) is 2. The molecule has 2 rings (SSSR count). The van der Waals surface area contributed by atoms with Gasteiger partial charge in [0.05, 0.1) is 12.2 Å². The number of hydrogen-bond acceptors (Lipinski definition) is 4. The van der Waals surface area contributed by atoms with Crippen LogP contribution in [0.5, 0.6) is 0 Å². The Kier molecular flexibility index (Phi) is 4.05. The third-order valence-corrected chi connectivity index (χ3v) is 2.78. The molecule has 0 aliphatic carbocycles. The Morgan fingerprint density at radius 1 is 1.25 bits per heavy atom.